The predicted molar refractivity (Wildman–Crippen MR) is 327 cm³/mol. The van der Waals surface area contributed by atoms with Crippen molar-refractivity contribution in [3.63, 3.8) is 0 Å². The number of carbonyl (C=O) groups excluding carboxylic acids is 1. The Balaban J connectivity index is 0.791. The molecule has 0 bridgehead atoms. The molecule has 10 fully saturated rings. The van der Waals surface area contributed by atoms with Crippen molar-refractivity contribution in [2.45, 2.75) is 310 Å². The number of ether oxygens (including phenoxy) is 12. The average Bonchev–Trinajstić information content (AvgIpc) is 0.675. The van der Waals surface area contributed by atoms with Crippen LogP contribution in [0.3, 0.4) is 0 Å². The van der Waals surface area contributed by atoms with Gasteiger partial charge in [-0.25, -0.2) is 4.79 Å². The molecule has 4 saturated carbocycles. The lowest BCUT2D eigenvalue weighted by atomic mass is 9.33. The van der Waals surface area contributed by atoms with E-state index in [9.17, 15) is 102 Å². The van der Waals surface area contributed by atoms with Gasteiger partial charge in [0.15, 0.2) is 37.6 Å². The lowest BCUT2D eigenvalue weighted by Crippen LogP contribution is -2.68. The molecule has 0 radical (unpaired) electrons. The molecule has 0 amide bonds. The average molecular weight is 1430 g/mol. The minimum atomic E-state index is -2.15. The molecule has 0 spiro atoms. The van der Waals surface area contributed by atoms with Gasteiger partial charge in [-0.15, -0.1) is 0 Å². The fourth-order valence-corrected chi connectivity index (χ4v) is 19.3. The maximum absolute atomic E-state index is 15.3. The van der Waals surface area contributed by atoms with Gasteiger partial charge in [-0.3, -0.25) is 4.79 Å². The Morgan fingerprint density at radius 3 is 1.60 bits per heavy atom. The quantitative estimate of drug-likeness (QED) is 0.0367. The highest BCUT2D eigenvalue weighted by atomic mass is 16.8. The Bertz CT molecular complexity index is 2830. The van der Waals surface area contributed by atoms with E-state index in [0.29, 0.717) is 57.8 Å². The van der Waals surface area contributed by atoms with Crippen LogP contribution in [0.2, 0.25) is 0 Å². The third-order valence-electron chi connectivity index (χ3n) is 25.6. The zero-order chi connectivity index (χ0) is 72.5. The Hall–Kier alpha value is -2.48. The summed E-state index contributed by atoms with van der Waals surface area (Å²) < 4.78 is 71.3. The largest absolute Gasteiger partial charge is 0.479 e. The summed E-state index contributed by atoms with van der Waals surface area (Å²) in [5.41, 5.74) is -2.20. The minimum absolute atomic E-state index is 0.0555. The maximum Gasteiger partial charge on any atom is 0.335 e. The number of hydrogen-bond acceptors (Lipinski definition) is 32. The van der Waals surface area contributed by atoms with Crippen LogP contribution >= 0.6 is 0 Å². The fourth-order valence-electron chi connectivity index (χ4n) is 19.3. The van der Waals surface area contributed by atoms with Gasteiger partial charge in [-0.1, -0.05) is 60.1 Å². The summed E-state index contributed by atoms with van der Waals surface area (Å²) >= 11 is 0. The first-order valence-corrected chi connectivity index (χ1v) is 34.7. The highest BCUT2D eigenvalue weighted by Gasteiger charge is 2.71. The van der Waals surface area contributed by atoms with Crippen molar-refractivity contribution in [1.29, 1.82) is 0 Å². The van der Waals surface area contributed by atoms with Gasteiger partial charge in [0.25, 0.3) is 0 Å². The van der Waals surface area contributed by atoms with Crippen LogP contribution in [0.4, 0.5) is 0 Å². The van der Waals surface area contributed by atoms with Crippen LogP contribution in [-0.4, -0.2) is 326 Å². The second-order valence-electron chi connectivity index (χ2n) is 31.9. The van der Waals surface area contributed by atoms with Crippen molar-refractivity contribution in [3.05, 3.63) is 11.6 Å². The molecule has 0 aromatic rings. The molecule has 568 valence electrons. The second kappa shape index (κ2) is 29.0. The Labute approximate surface area is 571 Å². The molecule has 19 N–H and O–H groups in total. The Kier molecular flexibility index (Phi) is 22.7. The zero-order valence-electron chi connectivity index (χ0n) is 56.8. The van der Waals surface area contributed by atoms with Crippen LogP contribution in [0.15, 0.2) is 11.6 Å². The van der Waals surface area contributed by atoms with E-state index in [2.05, 4.69) is 40.7 Å². The molecule has 0 aromatic carbocycles. The number of aliphatic hydroxyl groups excluding tert-OH is 18. The molecule has 0 aromatic heterocycles. The van der Waals surface area contributed by atoms with Gasteiger partial charge in [-0.05, 0) is 116 Å². The summed E-state index contributed by atoms with van der Waals surface area (Å²) in [6, 6.07) is 0. The summed E-state index contributed by atoms with van der Waals surface area (Å²) in [6.45, 7) is 13.5. The third-order valence-corrected chi connectivity index (χ3v) is 25.6. The first-order chi connectivity index (χ1) is 46.4. The van der Waals surface area contributed by atoms with Crippen molar-refractivity contribution in [3.8, 4) is 0 Å². The van der Waals surface area contributed by atoms with Crippen LogP contribution in [0.25, 0.3) is 0 Å². The lowest BCUT2D eigenvalue weighted by Gasteiger charge is -2.71. The number of aliphatic hydroxyl groups is 18. The van der Waals surface area contributed by atoms with Crippen LogP contribution in [-0.2, 0) is 66.4 Å². The number of esters is 1. The van der Waals surface area contributed by atoms with E-state index in [1.807, 2.05) is 13.8 Å². The topological polar surface area (TPSA) is 529 Å². The highest BCUT2D eigenvalue weighted by Crippen LogP contribution is 2.76. The number of carboxylic acid groups (broad SMARTS) is 1. The number of carboxylic acids is 1. The van der Waals surface area contributed by atoms with Gasteiger partial charge in [-0.2, -0.15) is 0 Å². The van der Waals surface area contributed by atoms with E-state index in [-0.39, 0.29) is 34.0 Å². The normalized spacial score (nSPS) is 53.6. The molecule has 33 nitrogen and oxygen atoms in total. The van der Waals surface area contributed by atoms with E-state index >= 15 is 4.79 Å². The third kappa shape index (κ3) is 13.4. The minimum Gasteiger partial charge on any atom is -0.479 e. The molecule has 11 aliphatic rings. The summed E-state index contributed by atoms with van der Waals surface area (Å²) in [6.07, 6.45) is -46.6. The number of aliphatic carboxylic acids is 1. The summed E-state index contributed by atoms with van der Waals surface area (Å²) in [5.74, 6) is -2.68. The molecular weight excluding hydrogens is 1320 g/mol. The van der Waals surface area contributed by atoms with E-state index in [1.54, 1.807) is 0 Å². The Morgan fingerprint density at radius 1 is 0.475 bits per heavy atom. The first kappa shape index (κ1) is 77.6. The van der Waals surface area contributed by atoms with E-state index < -0.39 is 245 Å². The lowest BCUT2D eigenvalue weighted by molar-refractivity contribution is -0.396. The Morgan fingerprint density at radius 2 is 0.970 bits per heavy atom. The molecule has 5 aliphatic carbocycles. The smallest absolute Gasteiger partial charge is 0.335 e. The molecule has 33 heteroatoms. The fraction of sp³-hybridized carbons (Fsp3) is 0.939. The number of carbonyl (C=O) groups is 2. The van der Waals surface area contributed by atoms with Crippen molar-refractivity contribution in [2.75, 3.05) is 26.4 Å². The van der Waals surface area contributed by atoms with Crippen LogP contribution in [0.5, 0.6) is 0 Å². The molecule has 6 saturated heterocycles. The van der Waals surface area contributed by atoms with Crippen molar-refractivity contribution >= 4 is 11.9 Å². The number of fused-ring (bicyclic) bond motifs is 7. The molecule has 38 unspecified atom stereocenters. The van der Waals surface area contributed by atoms with E-state index in [0.717, 1.165) is 12.0 Å². The number of allylic oxidation sites excluding steroid dienone is 2. The summed E-state index contributed by atoms with van der Waals surface area (Å²) in [4.78, 5) is 28.0. The van der Waals surface area contributed by atoms with Gasteiger partial charge in [0.1, 0.15) is 134 Å². The highest BCUT2D eigenvalue weighted by molar-refractivity contribution is 5.79. The summed E-state index contributed by atoms with van der Waals surface area (Å²) in [7, 11) is 0. The number of rotatable bonds is 17. The zero-order valence-corrected chi connectivity index (χ0v) is 56.8. The van der Waals surface area contributed by atoms with Crippen LogP contribution < -0.4 is 0 Å². The van der Waals surface area contributed by atoms with Gasteiger partial charge < -0.3 is 154 Å². The standard InChI is InChI=1S/C66H106O33/c1-24-34(70)38(74)45(81)55(89-24)95-49-29(22-69)92-54(48(84)44(49)80)88-23-30-37(73)40(76)47(83)57(93-30)99-60(87)66-17-15-61(2,3)19-26(66)25-9-10-32-63(6)13-12-33(62(4,5)31(63)11-14-65(32,8)64(25,7)16-18-66)94-59-52(43(79)42(78)50(96-59)53(85)86)98-58-51(41(77)36(72)28(21-68)91-58)97-56-46(82)39(75)35(71)27(20-67)90-56/h9,24,26-52,54-59,67-84H,10-23H2,1-8H3,(H,85,86). The van der Waals surface area contributed by atoms with Crippen molar-refractivity contribution in [1.82, 2.24) is 0 Å². The first-order valence-electron chi connectivity index (χ1n) is 34.7. The van der Waals surface area contributed by atoms with Gasteiger partial charge in [0.05, 0.1) is 44.1 Å². The van der Waals surface area contributed by atoms with Gasteiger partial charge in [0.2, 0.25) is 6.29 Å². The van der Waals surface area contributed by atoms with Gasteiger partial charge >= 0.3 is 11.9 Å². The second-order valence-corrected chi connectivity index (χ2v) is 31.9. The van der Waals surface area contributed by atoms with Crippen molar-refractivity contribution in [2.24, 2.45) is 50.2 Å². The van der Waals surface area contributed by atoms with Crippen LogP contribution in [0.1, 0.15) is 120 Å². The SMILES string of the molecule is CC1OC(OC2C(CO)OC(OCC3OC(OC(=O)C45CCC(C)(C)CC4C4=CCC6C7(C)CCC(OC8OC(C(=O)O)C(O)C(O)C8OC8OC(CO)C(O)C(O)C8OC8OC(CO)C(O)C(O)C8O)C(C)(C)C7CCC6(C)C4(C)CC5)C(O)C(O)C3O)C(O)C2O)C(O)C(O)C1O. The molecule has 6 aliphatic heterocycles. The monoisotopic (exact) mass is 1430 g/mol. The molecule has 99 heavy (non-hydrogen) atoms. The summed E-state index contributed by atoms with van der Waals surface area (Å²) in [5, 5.41) is 206. The molecule has 6 heterocycles. The molecular formula is C66H106O33. The molecule has 38 atom stereocenters. The van der Waals surface area contributed by atoms with Crippen molar-refractivity contribution < 1.29 is 163 Å². The van der Waals surface area contributed by atoms with E-state index in [4.69, 9.17) is 56.8 Å². The predicted octanol–water partition coefficient (Wildman–Crippen LogP) is -5.27. The van der Waals surface area contributed by atoms with Crippen LogP contribution in [0, 0.1) is 50.2 Å². The maximum atomic E-state index is 15.3. The molecule has 11 rings (SSSR count). The van der Waals surface area contributed by atoms with Gasteiger partial charge in [0, 0.05) is 0 Å². The number of hydrogen-bond donors (Lipinski definition) is 19. The van der Waals surface area contributed by atoms with E-state index in [1.165, 1.54) is 6.92 Å².